The van der Waals surface area contributed by atoms with Crippen molar-refractivity contribution in [3.8, 4) is 5.75 Å². The molecule has 20 heavy (non-hydrogen) atoms. The molecule has 1 aromatic carbocycles. The third kappa shape index (κ3) is 3.81. The van der Waals surface area contributed by atoms with Gasteiger partial charge in [-0.25, -0.2) is 9.67 Å². The molecule has 0 saturated carbocycles. The van der Waals surface area contributed by atoms with Crippen molar-refractivity contribution in [2.45, 2.75) is 40.0 Å². The van der Waals surface area contributed by atoms with Crippen LogP contribution in [0.25, 0.3) is 0 Å². The minimum Gasteiger partial charge on any atom is -0.486 e. The van der Waals surface area contributed by atoms with E-state index >= 15 is 0 Å². The number of hydrogen-bond donors (Lipinski definition) is 1. The highest BCUT2D eigenvalue weighted by Gasteiger charge is 2.07. The summed E-state index contributed by atoms with van der Waals surface area (Å²) in [4.78, 5) is 4.24. The molecule has 0 spiro atoms. The highest BCUT2D eigenvalue weighted by Crippen LogP contribution is 2.17. The summed E-state index contributed by atoms with van der Waals surface area (Å²) in [5, 5.41) is 4.21. The van der Waals surface area contributed by atoms with E-state index in [0.29, 0.717) is 12.5 Å². The van der Waals surface area contributed by atoms with Crippen molar-refractivity contribution >= 4 is 0 Å². The van der Waals surface area contributed by atoms with Crippen LogP contribution in [0.2, 0.25) is 0 Å². The minimum absolute atomic E-state index is 0.0400. The SMILES string of the molecule is CC(C)Cn1ncnc1COc1ccc(C(C)N)cc1. The van der Waals surface area contributed by atoms with Crippen molar-refractivity contribution in [2.24, 2.45) is 11.7 Å². The maximum Gasteiger partial charge on any atom is 0.164 e. The molecule has 0 radical (unpaired) electrons. The first-order valence-corrected chi connectivity index (χ1v) is 6.91. The fourth-order valence-electron chi connectivity index (χ4n) is 1.91. The van der Waals surface area contributed by atoms with E-state index < -0.39 is 0 Å². The van der Waals surface area contributed by atoms with E-state index in [1.54, 1.807) is 6.33 Å². The Labute approximate surface area is 119 Å². The number of benzene rings is 1. The summed E-state index contributed by atoms with van der Waals surface area (Å²) in [6.45, 7) is 7.54. The number of nitrogens with two attached hydrogens (primary N) is 1. The zero-order valence-corrected chi connectivity index (χ0v) is 12.3. The van der Waals surface area contributed by atoms with Gasteiger partial charge in [0.05, 0.1) is 0 Å². The molecule has 0 aliphatic rings. The van der Waals surface area contributed by atoms with Crippen LogP contribution in [-0.4, -0.2) is 14.8 Å². The van der Waals surface area contributed by atoms with Crippen molar-refractivity contribution in [1.82, 2.24) is 14.8 Å². The van der Waals surface area contributed by atoms with E-state index in [9.17, 15) is 0 Å². The van der Waals surface area contributed by atoms with Gasteiger partial charge in [0.1, 0.15) is 18.7 Å². The first-order chi connectivity index (χ1) is 9.56. The Morgan fingerprint density at radius 2 is 1.90 bits per heavy atom. The average Bonchev–Trinajstić information content (AvgIpc) is 2.83. The van der Waals surface area contributed by atoms with Crippen LogP contribution in [-0.2, 0) is 13.2 Å². The average molecular weight is 274 g/mol. The van der Waals surface area contributed by atoms with Crippen LogP contribution in [0, 0.1) is 5.92 Å². The standard InChI is InChI=1S/C15H22N4O/c1-11(2)8-19-15(17-10-18-19)9-20-14-6-4-13(5-7-14)12(3)16/h4-7,10-12H,8-9,16H2,1-3H3. The Kier molecular flexibility index (Phi) is 4.74. The Bertz CT molecular complexity index is 531. The molecule has 0 fully saturated rings. The van der Waals surface area contributed by atoms with E-state index in [1.165, 1.54) is 0 Å². The molecule has 2 N–H and O–H groups in total. The monoisotopic (exact) mass is 274 g/mol. The Morgan fingerprint density at radius 3 is 2.50 bits per heavy atom. The number of nitrogens with zero attached hydrogens (tertiary/aromatic N) is 3. The molecule has 5 heteroatoms. The molecular formula is C15H22N4O. The Hall–Kier alpha value is -1.88. The van der Waals surface area contributed by atoms with Crippen LogP contribution in [0.5, 0.6) is 5.75 Å². The van der Waals surface area contributed by atoms with Gasteiger partial charge in [-0.1, -0.05) is 26.0 Å². The van der Waals surface area contributed by atoms with E-state index in [-0.39, 0.29) is 6.04 Å². The second-order valence-corrected chi connectivity index (χ2v) is 5.40. The maximum absolute atomic E-state index is 5.82. The molecule has 2 rings (SSSR count). The van der Waals surface area contributed by atoms with Gasteiger partial charge in [0.25, 0.3) is 0 Å². The Morgan fingerprint density at radius 1 is 1.20 bits per heavy atom. The fourth-order valence-corrected chi connectivity index (χ4v) is 1.91. The zero-order valence-electron chi connectivity index (χ0n) is 12.3. The number of ether oxygens (including phenoxy) is 1. The van der Waals surface area contributed by atoms with Gasteiger partial charge in [0.2, 0.25) is 0 Å². The van der Waals surface area contributed by atoms with Gasteiger partial charge in [-0.2, -0.15) is 5.10 Å². The predicted molar refractivity (Wildman–Crippen MR) is 78.2 cm³/mol. The smallest absolute Gasteiger partial charge is 0.164 e. The van der Waals surface area contributed by atoms with Gasteiger partial charge in [-0.3, -0.25) is 0 Å². The van der Waals surface area contributed by atoms with E-state index in [2.05, 4.69) is 23.9 Å². The summed E-state index contributed by atoms with van der Waals surface area (Å²) in [6, 6.07) is 7.87. The van der Waals surface area contributed by atoms with Gasteiger partial charge >= 0.3 is 0 Å². The number of rotatable bonds is 6. The van der Waals surface area contributed by atoms with Crippen molar-refractivity contribution in [3.05, 3.63) is 42.0 Å². The van der Waals surface area contributed by atoms with Crippen molar-refractivity contribution < 1.29 is 4.74 Å². The molecule has 0 amide bonds. The quantitative estimate of drug-likeness (QED) is 0.879. The van der Waals surface area contributed by atoms with Gasteiger partial charge in [0, 0.05) is 12.6 Å². The Balaban J connectivity index is 1.96. The molecule has 0 aliphatic carbocycles. The molecule has 1 aromatic heterocycles. The topological polar surface area (TPSA) is 66.0 Å². The maximum atomic E-state index is 5.82. The lowest BCUT2D eigenvalue weighted by Gasteiger charge is -2.10. The first kappa shape index (κ1) is 14.5. The highest BCUT2D eigenvalue weighted by atomic mass is 16.5. The first-order valence-electron chi connectivity index (χ1n) is 6.91. The largest absolute Gasteiger partial charge is 0.486 e. The van der Waals surface area contributed by atoms with Gasteiger partial charge in [0.15, 0.2) is 5.82 Å². The summed E-state index contributed by atoms with van der Waals surface area (Å²) >= 11 is 0. The van der Waals surface area contributed by atoms with E-state index in [0.717, 1.165) is 23.7 Å². The predicted octanol–water partition coefficient (Wildman–Crippen LogP) is 2.53. The summed E-state index contributed by atoms with van der Waals surface area (Å²) < 4.78 is 7.63. The van der Waals surface area contributed by atoms with Crippen LogP contribution in [0.4, 0.5) is 0 Å². The second kappa shape index (κ2) is 6.52. The minimum atomic E-state index is 0.0400. The fraction of sp³-hybridized carbons (Fsp3) is 0.467. The van der Waals surface area contributed by atoms with Gasteiger partial charge in [-0.15, -0.1) is 0 Å². The summed E-state index contributed by atoms with van der Waals surface area (Å²) in [7, 11) is 0. The molecule has 1 atom stereocenters. The van der Waals surface area contributed by atoms with Crippen molar-refractivity contribution in [3.63, 3.8) is 0 Å². The van der Waals surface area contributed by atoms with Crippen LogP contribution in [0.3, 0.4) is 0 Å². The molecule has 2 aromatic rings. The second-order valence-electron chi connectivity index (χ2n) is 5.40. The molecule has 5 nitrogen and oxygen atoms in total. The van der Waals surface area contributed by atoms with Crippen molar-refractivity contribution in [1.29, 1.82) is 0 Å². The lowest BCUT2D eigenvalue weighted by molar-refractivity contribution is 0.282. The van der Waals surface area contributed by atoms with Crippen LogP contribution >= 0.6 is 0 Å². The molecule has 0 aliphatic heterocycles. The lowest BCUT2D eigenvalue weighted by atomic mass is 10.1. The highest BCUT2D eigenvalue weighted by molar-refractivity contribution is 5.28. The molecule has 0 saturated heterocycles. The summed E-state index contributed by atoms with van der Waals surface area (Å²) in [5.41, 5.74) is 6.92. The number of aromatic nitrogens is 3. The van der Waals surface area contributed by atoms with Crippen molar-refractivity contribution in [2.75, 3.05) is 0 Å². The van der Waals surface area contributed by atoms with Crippen LogP contribution in [0.15, 0.2) is 30.6 Å². The lowest BCUT2D eigenvalue weighted by Crippen LogP contribution is -2.12. The van der Waals surface area contributed by atoms with Gasteiger partial charge in [-0.05, 0) is 30.5 Å². The normalized spacial score (nSPS) is 12.7. The molecular weight excluding hydrogens is 252 g/mol. The third-order valence-electron chi connectivity index (χ3n) is 3.01. The third-order valence-corrected chi connectivity index (χ3v) is 3.01. The zero-order chi connectivity index (χ0) is 14.5. The van der Waals surface area contributed by atoms with Crippen LogP contribution in [0.1, 0.15) is 38.2 Å². The molecule has 1 heterocycles. The summed E-state index contributed by atoms with van der Waals surface area (Å²) in [5.74, 6) is 2.18. The van der Waals surface area contributed by atoms with E-state index in [4.69, 9.17) is 10.5 Å². The number of hydrogen-bond acceptors (Lipinski definition) is 4. The molecule has 0 bridgehead atoms. The van der Waals surface area contributed by atoms with E-state index in [1.807, 2.05) is 35.9 Å². The van der Waals surface area contributed by atoms with Crippen LogP contribution < -0.4 is 10.5 Å². The molecule has 108 valence electrons. The summed E-state index contributed by atoms with van der Waals surface area (Å²) in [6.07, 6.45) is 1.57. The van der Waals surface area contributed by atoms with Gasteiger partial charge < -0.3 is 10.5 Å². The molecule has 1 unspecified atom stereocenters.